The summed E-state index contributed by atoms with van der Waals surface area (Å²) in [6.45, 7) is 2.68. The average molecular weight is 531 g/mol. The zero-order valence-corrected chi connectivity index (χ0v) is 21.0. The lowest BCUT2D eigenvalue weighted by molar-refractivity contribution is -0.118. The molecule has 13 heteroatoms. The first-order valence-electron chi connectivity index (χ1n) is 12.0. The van der Waals surface area contributed by atoms with Gasteiger partial charge in [-0.05, 0) is 18.2 Å². The monoisotopic (exact) mass is 530 g/mol. The number of morpholine rings is 1. The van der Waals surface area contributed by atoms with E-state index in [-0.39, 0.29) is 52.8 Å². The highest BCUT2D eigenvalue weighted by Crippen LogP contribution is 2.32. The van der Waals surface area contributed by atoms with Gasteiger partial charge in [-0.15, -0.1) is 0 Å². The van der Waals surface area contributed by atoms with E-state index < -0.39 is 29.8 Å². The molecular weight excluding hydrogens is 502 g/mol. The number of amides is 3. The van der Waals surface area contributed by atoms with Crippen molar-refractivity contribution in [2.75, 3.05) is 56.7 Å². The molecule has 0 aliphatic carbocycles. The quantitative estimate of drug-likeness (QED) is 0.379. The number of pyridine rings is 2. The Balaban J connectivity index is 1.86. The molecule has 0 saturated carbocycles. The molecule has 0 bridgehead atoms. The minimum atomic E-state index is -0.791. The molecule has 1 fully saturated rings. The Morgan fingerprint density at radius 2 is 1.76 bits per heavy atom. The highest BCUT2D eigenvalue weighted by atomic mass is 19.1. The van der Waals surface area contributed by atoms with Crippen LogP contribution in [0.25, 0.3) is 11.0 Å². The van der Waals surface area contributed by atoms with E-state index in [0.29, 0.717) is 26.3 Å². The second kappa shape index (κ2) is 11.9. The number of carbonyl (C=O) groups is 2. The van der Waals surface area contributed by atoms with E-state index in [0.717, 1.165) is 12.1 Å². The molecule has 3 amide bonds. The van der Waals surface area contributed by atoms with Crippen LogP contribution in [0.5, 0.6) is 5.88 Å². The maximum absolute atomic E-state index is 14.6. The van der Waals surface area contributed by atoms with Gasteiger partial charge in [-0.1, -0.05) is 6.07 Å². The second-order valence-electron chi connectivity index (χ2n) is 8.50. The van der Waals surface area contributed by atoms with E-state index in [4.69, 9.17) is 9.47 Å². The van der Waals surface area contributed by atoms with Gasteiger partial charge in [-0.2, -0.15) is 0 Å². The number of nitrogens with one attached hydrogen (secondary N) is 3. The van der Waals surface area contributed by atoms with E-state index >= 15 is 0 Å². The maximum Gasteiger partial charge on any atom is 0.319 e. The van der Waals surface area contributed by atoms with Crippen molar-refractivity contribution in [3.8, 4) is 5.88 Å². The number of hydrogen-bond acceptors (Lipinski definition) is 7. The summed E-state index contributed by atoms with van der Waals surface area (Å²) in [6.07, 6.45) is 0. The molecule has 0 unspecified atom stereocenters. The fraction of sp³-hybridized carbons (Fsp3) is 0.360. The van der Waals surface area contributed by atoms with Crippen molar-refractivity contribution in [2.45, 2.75) is 13.5 Å². The lowest BCUT2D eigenvalue weighted by Crippen LogP contribution is -2.42. The topological polar surface area (TPSA) is 127 Å². The van der Waals surface area contributed by atoms with Gasteiger partial charge in [0.2, 0.25) is 11.8 Å². The molecule has 1 aliphatic rings. The molecule has 3 aromatic rings. The number of nitrogens with zero attached hydrogens (tertiary/aromatic N) is 3. The van der Waals surface area contributed by atoms with Gasteiger partial charge in [0, 0.05) is 44.7 Å². The van der Waals surface area contributed by atoms with Crippen LogP contribution < -0.4 is 31.1 Å². The summed E-state index contributed by atoms with van der Waals surface area (Å²) in [7, 11) is 1.42. The molecule has 3 heterocycles. The number of urea groups is 1. The predicted octanol–water partition coefficient (Wildman–Crippen LogP) is 1.83. The molecule has 1 aromatic carbocycles. The fourth-order valence-corrected chi connectivity index (χ4v) is 4.18. The third kappa shape index (κ3) is 5.83. The van der Waals surface area contributed by atoms with E-state index in [1.807, 2.05) is 0 Å². The summed E-state index contributed by atoms with van der Waals surface area (Å²) < 4.78 is 41.1. The Morgan fingerprint density at radius 3 is 2.42 bits per heavy atom. The third-order valence-electron chi connectivity index (χ3n) is 6.00. The molecule has 11 nitrogen and oxygen atoms in total. The minimum absolute atomic E-state index is 0.107. The van der Waals surface area contributed by atoms with Crippen molar-refractivity contribution < 1.29 is 27.8 Å². The zero-order valence-electron chi connectivity index (χ0n) is 21.0. The van der Waals surface area contributed by atoms with Gasteiger partial charge in [-0.25, -0.2) is 18.6 Å². The van der Waals surface area contributed by atoms with E-state index in [2.05, 4.69) is 20.9 Å². The number of ether oxygens (including phenoxy) is 2. The van der Waals surface area contributed by atoms with Gasteiger partial charge < -0.3 is 34.9 Å². The molecule has 1 saturated heterocycles. The van der Waals surface area contributed by atoms with Gasteiger partial charge in [0.1, 0.15) is 22.8 Å². The molecule has 4 rings (SSSR count). The molecule has 0 atom stereocenters. The number of aromatic nitrogens is 2. The summed E-state index contributed by atoms with van der Waals surface area (Å²) in [6, 6.07) is 5.92. The maximum atomic E-state index is 14.6. The molecule has 38 heavy (non-hydrogen) atoms. The summed E-state index contributed by atoms with van der Waals surface area (Å²) in [5.74, 6) is -1.61. The second-order valence-corrected chi connectivity index (χ2v) is 8.50. The number of hydrogen-bond donors (Lipinski definition) is 3. The van der Waals surface area contributed by atoms with Gasteiger partial charge in [0.25, 0.3) is 5.56 Å². The van der Waals surface area contributed by atoms with Crippen LogP contribution in [0.4, 0.5) is 25.0 Å². The van der Waals surface area contributed by atoms with Crippen molar-refractivity contribution in [1.82, 2.24) is 20.2 Å². The Kier molecular flexibility index (Phi) is 8.36. The van der Waals surface area contributed by atoms with Gasteiger partial charge in [0.05, 0.1) is 38.1 Å². The summed E-state index contributed by atoms with van der Waals surface area (Å²) in [4.78, 5) is 44.1. The number of carbonyl (C=O) groups excluding carboxylic acids is 2. The molecule has 0 radical (unpaired) electrons. The number of methoxy groups -OCH3 is 1. The van der Waals surface area contributed by atoms with Crippen molar-refractivity contribution in [2.24, 2.45) is 0 Å². The van der Waals surface area contributed by atoms with Crippen LogP contribution in [0.3, 0.4) is 0 Å². The normalized spacial score (nSPS) is 13.3. The van der Waals surface area contributed by atoms with Gasteiger partial charge in [0.15, 0.2) is 0 Å². The zero-order chi connectivity index (χ0) is 27.2. The van der Waals surface area contributed by atoms with Gasteiger partial charge in [-0.3, -0.25) is 9.59 Å². The largest absolute Gasteiger partial charge is 0.481 e. The molecule has 3 N–H and O–H groups in total. The summed E-state index contributed by atoms with van der Waals surface area (Å²) in [5.41, 5.74) is -0.190. The van der Waals surface area contributed by atoms with E-state index in [1.54, 1.807) is 11.0 Å². The van der Waals surface area contributed by atoms with Crippen LogP contribution in [0.1, 0.15) is 12.5 Å². The van der Waals surface area contributed by atoms with Crippen molar-refractivity contribution in [3.05, 3.63) is 57.9 Å². The Bertz CT molecular complexity index is 1390. The predicted molar refractivity (Wildman–Crippen MR) is 137 cm³/mol. The van der Waals surface area contributed by atoms with E-state index in [1.165, 1.54) is 30.7 Å². The number of benzene rings is 1. The van der Waals surface area contributed by atoms with Crippen LogP contribution in [-0.2, 0) is 16.1 Å². The van der Waals surface area contributed by atoms with Crippen LogP contribution >= 0.6 is 0 Å². The minimum Gasteiger partial charge on any atom is -0.481 e. The number of anilines is 2. The Hall–Kier alpha value is -4.26. The molecule has 0 spiro atoms. The van der Waals surface area contributed by atoms with Crippen molar-refractivity contribution in [1.29, 1.82) is 0 Å². The number of halogens is 2. The smallest absolute Gasteiger partial charge is 0.319 e. The Morgan fingerprint density at radius 1 is 1.08 bits per heavy atom. The third-order valence-corrected chi connectivity index (χ3v) is 6.00. The van der Waals surface area contributed by atoms with Crippen LogP contribution in [0.2, 0.25) is 0 Å². The highest BCUT2D eigenvalue weighted by Gasteiger charge is 2.26. The lowest BCUT2D eigenvalue weighted by atomic mass is 10.1. The highest BCUT2D eigenvalue weighted by molar-refractivity contribution is 6.04. The summed E-state index contributed by atoms with van der Waals surface area (Å²) in [5, 5.41) is 7.92. The van der Waals surface area contributed by atoms with Crippen LogP contribution in [-0.4, -0.2) is 68.0 Å². The van der Waals surface area contributed by atoms with Gasteiger partial charge >= 0.3 is 6.03 Å². The lowest BCUT2D eigenvalue weighted by Gasteiger charge is -2.31. The molecule has 1 aliphatic heterocycles. The number of fused-ring (bicyclic) bond motifs is 1. The SMILES string of the molecule is COc1ccc2c(n1)c(NC(=O)NCCNC(C)=O)c(N1CCOCC1)c(=O)n2Cc1c(F)cccc1F. The first-order valence-corrected chi connectivity index (χ1v) is 12.0. The van der Waals surface area contributed by atoms with Crippen molar-refractivity contribution >= 4 is 34.3 Å². The summed E-state index contributed by atoms with van der Waals surface area (Å²) >= 11 is 0. The molecule has 2 aromatic heterocycles. The van der Waals surface area contributed by atoms with Crippen molar-refractivity contribution in [3.63, 3.8) is 0 Å². The fourth-order valence-electron chi connectivity index (χ4n) is 4.18. The van der Waals surface area contributed by atoms with Crippen LogP contribution in [0.15, 0.2) is 35.1 Å². The first-order chi connectivity index (χ1) is 18.3. The first kappa shape index (κ1) is 26.8. The Labute approximate surface area is 216 Å². The average Bonchev–Trinajstić information content (AvgIpc) is 2.90. The van der Waals surface area contributed by atoms with Crippen LogP contribution in [0, 0.1) is 11.6 Å². The number of rotatable bonds is 8. The molecular formula is C25H28F2N6O5. The van der Waals surface area contributed by atoms with E-state index in [9.17, 15) is 23.2 Å². The standard InChI is InChI=1S/C25H28F2N6O5/c1-15(34)28-8-9-29-25(36)31-22-21-19(6-7-20(30-21)37-2)33(14-16-17(26)4-3-5-18(16)27)24(35)23(22)32-10-12-38-13-11-32/h3-7H,8-14H2,1-2H3,(H,28,34)(H2,29,31,36). The molecule has 202 valence electrons.